The second-order valence-electron chi connectivity index (χ2n) is 3.61. The Morgan fingerprint density at radius 1 is 1.06 bits per heavy atom. The second kappa shape index (κ2) is 4.18. The first kappa shape index (κ1) is 10.4. The number of hydrogen-bond acceptors (Lipinski definition) is 4. The van der Waals surface area contributed by atoms with Crippen LogP contribution in [0.1, 0.15) is 11.1 Å². The van der Waals surface area contributed by atoms with Crippen LogP contribution in [-0.4, -0.2) is 9.97 Å². The summed E-state index contributed by atoms with van der Waals surface area (Å²) in [5.74, 6) is 0.734. The molecule has 0 spiro atoms. The van der Waals surface area contributed by atoms with E-state index < -0.39 is 0 Å². The third-order valence-electron chi connectivity index (χ3n) is 2.31. The van der Waals surface area contributed by atoms with Crippen molar-refractivity contribution in [3.63, 3.8) is 0 Å². The number of ether oxygens (including phenoxy) is 1. The molecule has 0 atom stereocenters. The molecule has 2 rings (SSSR count). The first-order valence-corrected chi connectivity index (χ1v) is 4.98. The molecule has 0 amide bonds. The molecule has 1 aromatic carbocycles. The number of anilines is 1. The maximum Gasteiger partial charge on any atom is 0.321 e. The van der Waals surface area contributed by atoms with Crippen LogP contribution in [0.15, 0.2) is 30.6 Å². The molecular formula is C12H13N3O. The van der Waals surface area contributed by atoms with Crippen LogP contribution in [0.25, 0.3) is 0 Å². The lowest BCUT2D eigenvalue weighted by Crippen LogP contribution is -1.96. The van der Waals surface area contributed by atoms with E-state index in [1.807, 2.05) is 26.0 Å². The minimum atomic E-state index is 0.342. The van der Waals surface area contributed by atoms with Gasteiger partial charge in [-0.15, -0.1) is 0 Å². The third-order valence-corrected chi connectivity index (χ3v) is 2.31. The SMILES string of the molecule is Cc1cc(Oc2ncccn2)c(C)cc1N. The molecule has 0 aliphatic heterocycles. The zero-order chi connectivity index (χ0) is 11.5. The Morgan fingerprint density at radius 3 is 2.44 bits per heavy atom. The summed E-state index contributed by atoms with van der Waals surface area (Å²) in [6.45, 7) is 3.88. The fourth-order valence-corrected chi connectivity index (χ4v) is 1.36. The van der Waals surface area contributed by atoms with E-state index in [1.165, 1.54) is 0 Å². The average Bonchev–Trinajstić information content (AvgIpc) is 2.27. The zero-order valence-corrected chi connectivity index (χ0v) is 9.27. The Bertz CT molecular complexity index is 497. The fourth-order valence-electron chi connectivity index (χ4n) is 1.36. The number of aryl methyl sites for hydroxylation is 2. The molecule has 0 bridgehead atoms. The molecule has 2 aromatic rings. The van der Waals surface area contributed by atoms with Crippen LogP contribution >= 0.6 is 0 Å². The second-order valence-corrected chi connectivity index (χ2v) is 3.61. The monoisotopic (exact) mass is 215 g/mol. The van der Waals surface area contributed by atoms with Crippen molar-refractivity contribution in [3.05, 3.63) is 41.7 Å². The first-order chi connectivity index (χ1) is 7.66. The van der Waals surface area contributed by atoms with Gasteiger partial charge in [-0.05, 0) is 43.2 Å². The van der Waals surface area contributed by atoms with Crippen molar-refractivity contribution in [1.82, 2.24) is 9.97 Å². The van der Waals surface area contributed by atoms with Crippen molar-refractivity contribution < 1.29 is 4.74 Å². The van der Waals surface area contributed by atoms with Gasteiger partial charge in [0.2, 0.25) is 0 Å². The molecule has 1 aromatic heterocycles. The van der Waals surface area contributed by atoms with Crippen molar-refractivity contribution in [2.75, 3.05) is 5.73 Å². The number of nitrogens with two attached hydrogens (primary N) is 1. The van der Waals surface area contributed by atoms with Gasteiger partial charge in [-0.2, -0.15) is 0 Å². The van der Waals surface area contributed by atoms with Crippen LogP contribution in [-0.2, 0) is 0 Å². The molecule has 4 nitrogen and oxygen atoms in total. The predicted octanol–water partition coefficient (Wildman–Crippen LogP) is 2.47. The largest absolute Gasteiger partial charge is 0.424 e. The highest BCUT2D eigenvalue weighted by molar-refractivity contribution is 5.54. The van der Waals surface area contributed by atoms with E-state index in [1.54, 1.807) is 18.5 Å². The lowest BCUT2D eigenvalue weighted by molar-refractivity contribution is 0.438. The van der Waals surface area contributed by atoms with Gasteiger partial charge in [-0.25, -0.2) is 9.97 Å². The lowest BCUT2D eigenvalue weighted by Gasteiger charge is -2.09. The molecule has 0 radical (unpaired) electrons. The van der Waals surface area contributed by atoms with Gasteiger partial charge < -0.3 is 10.5 Å². The maximum atomic E-state index is 5.80. The Morgan fingerprint density at radius 2 is 1.75 bits per heavy atom. The molecule has 0 saturated carbocycles. The number of benzene rings is 1. The van der Waals surface area contributed by atoms with E-state index >= 15 is 0 Å². The minimum Gasteiger partial charge on any atom is -0.424 e. The van der Waals surface area contributed by atoms with E-state index in [4.69, 9.17) is 10.5 Å². The van der Waals surface area contributed by atoms with Gasteiger partial charge in [0.15, 0.2) is 0 Å². The highest BCUT2D eigenvalue weighted by Gasteiger charge is 2.05. The van der Waals surface area contributed by atoms with Crippen LogP contribution < -0.4 is 10.5 Å². The molecule has 0 saturated heterocycles. The normalized spacial score (nSPS) is 10.1. The molecule has 0 fully saturated rings. The van der Waals surface area contributed by atoms with Gasteiger partial charge in [0.1, 0.15) is 5.75 Å². The van der Waals surface area contributed by atoms with Gasteiger partial charge in [0.05, 0.1) is 0 Å². The summed E-state index contributed by atoms with van der Waals surface area (Å²) in [5, 5.41) is 0. The quantitative estimate of drug-likeness (QED) is 0.782. The summed E-state index contributed by atoms with van der Waals surface area (Å²) < 4.78 is 5.57. The summed E-state index contributed by atoms with van der Waals surface area (Å²) in [4.78, 5) is 8.01. The van der Waals surface area contributed by atoms with Crippen LogP contribution in [0.2, 0.25) is 0 Å². The van der Waals surface area contributed by atoms with Crippen molar-refractivity contribution in [2.45, 2.75) is 13.8 Å². The summed E-state index contributed by atoms with van der Waals surface area (Å²) in [7, 11) is 0. The van der Waals surface area contributed by atoms with Crippen molar-refractivity contribution in [1.29, 1.82) is 0 Å². The number of aromatic nitrogens is 2. The molecule has 0 aliphatic rings. The van der Waals surface area contributed by atoms with E-state index in [9.17, 15) is 0 Å². The van der Waals surface area contributed by atoms with Crippen LogP contribution in [0.3, 0.4) is 0 Å². The van der Waals surface area contributed by atoms with E-state index in [-0.39, 0.29) is 0 Å². The van der Waals surface area contributed by atoms with Gasteiger partial charge in [0, 0.05) is 18.1 Å². The molecule has 0 aliphatic carbocycles. The Balaban J connectivity index is 2.32. The highest BCUT2D eigenvalue weighted by Crippen LogP contribution is 2.26. The Hall–Kier alpha value is -2.10. The predicted molar refractivity (Wildman–Crippen MR) is 62.4 cm³/mol. The van der Waals surface area contributed by atoms with Crippen molar-refractivity contribution in [3.8, 4) is 11.8 Å². The van der Waals surface area contributed by atoms with E-state index in [2.05, 4.69) is 9.97 Å². The summed E-state index contributed by atoms with van der Waals surface area (Å²) in [6.07, 6.45) is 3.28. The van der Waals surface area contributed by atoms with Crippen LogP contribution in [0, 0.1) is 13.8 Å². The lowest BCUT2D eigenvalue weighted by atomic mass is 10.1. The van der Waals surface area contributed by atoms with E-state index in [0.717, 1.165) is 22.6 Å². The maximum absolute atomic E-state index is 5.80. The first-order valence-electron chi connectivity index (χ1n) is 4.98. The minimum absolute atomic E-state index is 0.342. The molecule has 4 heteroatoms. The van der Waals surface area contributed by atoms with Crippen molar-refractivity contribution in [2.24, 2.45) is 0 Å². The highest BCUT2D eigenvalue weighted by atomic mass is 16.5. The van der Waals surface area contributed by atoms with Gasteiger partial charge in [-0.1, -0.05) is 0 Å². The Labute approximate surface area is 94.1 Å². The summed E-state index contributed by atoms with van der Waals surface area (Å²) in [6, 6.07) is 5.86. The van der Waals surface area contributed by atoms with Gasteiger partial charge in [-0.3, -0.25) is 0 Å². The molecular weight excluding hydrogens is 202 g/mol. The average molecular weight is 215 g/mol. The van der Waals surface area contributed by atoms with Crippen LogP contribution in [0.4, 0.5) is 5.69 Å². The summed E-state index contributed by atoms with van der Waals surface area (Å²) in [5.41, 5.74) is 8.51. The molecule has 82 valence electrons. The van der Waals surface area contributed by atoms with Gasteiger partial charge >= 0.3 is 6.01 Å². The molecule has 16 heavy (non-hydrogen) atoms. The standard InChI is InChI=1S/C12H13N3O/c1-8-7-11(9(2)6-10(8)13)16-12-14-4-3-5-15-12/h3-7H,13H2,1-2H3. The van der Waals surface area contributed by atoms with E-state index in [0.29, 0.717) is 6.01 Å². The topological polar surface area (TPSA) is 61.0 Å². The van der Waals surface area contributed by atoms with Gasteiger partial charge in [0.25, 0.3) is 0 Å². The van der Waals surface area contributed by atoms with Crippen molar-refractivity contribution >= 4 is 5.69 Å². The smallest absolute Gasteiger partial charge is 0.321 e. The molecule has 2 N–H and O–H groups in total. The number of nitrogens with zero attached hydrogens (tertiary/aromatic N) is 2. The number of rotatable bonds is 2. The Kier molecular flexibility index (Phi) is 2.72. The zero-order valence-electron chi connectivity index (χ0n) is 9.27. The summed E-state index contributed by atoms with van der Waals surface area (Å²) >= 11 is 0. The fraction of sp³-hybridized carbons (Fsp3) is 0.167. The molecule has 1 heterocycles. The third kappa shape index (κ3) is 2.11. The number of nitrogen functional groups attached to an aromatic ring is 1. The molecule has 0 unspecified atom stereocenters. The number of hydrogen-bond donors (Lipinski definition) is 1. The van der Waals surface area contributed by atoms with Crippen LogP contribution in [0.5, 0.6) is 11.8 Å².